The van der Waals surface area contributed by atoms with Crippen LogP contribution in [0, 0.1) is 6.92 Å². The summed E-state index contributed by atoms with van der Waals surface area (Å²) >= 11 is 10.0. The van der Waals surface area contributed by atoms with Gasteiger partial charge in [-0.2, -0.15) is 0 Å². The lowest BCUT2D eigenvalue weighted by Gasteiger charge is -2.11. The van der Waals surface area contributed by atoms with Crippen molar-refractivity contribution in [3.8, 4) is 0 Å². The highest BCUT2D eigenvalue weighted by Crippen LogP contribution is 2.31. The van der Waals surface area contributed by atoms with Gasteiger partial charge in [0.1, 0.15) is 0 Å². The Morgan fingerprint density at radius 2 is 1.91 bits per heavy atom. The largest absolute Gasteiger partial charge is 0.366 e. The van der Waals surface area contributed by atoms with Crippen LogP contribution in [0.25, 0.3) is 0 Å². The number of hydrogen-bond donors (Lipinski definition) is 0. The van der Waals surface area contributed by atoms with E-state index in [4.69, 9.17) is 11.6 Å². The molecule has 0 aliphatic rings. The van der Waals surface area contributed by atoms with Gasteiger partial charge in [0.2, 0.25) is 0 Å². The molecule has 22 heavy (non-hydrogen) atoms. The average Bonchev–Trinajstić information content (AvgIpc) is 2.50. The Bertz CT molecular complexity index is 666. The molecule has 4 heteroatoms. The van der Waals surface area contributed by atoms with Crippen molar-refractivity contribution >= 4 is 39.6 Å². The normalized spacial score (nSPS) is 11.1. The Kier molecular flexibility index (Phi) is 6.04. The van der Waals surface area contributed by atoms with Gasteiger partial charge in [-0.25, -0.2) is 4.99 Å². The summed E-state index contributed by atoms with van der Waals surface area (Å²) in [7, 11) is 2.00. The zero-order chi connectivity index (χ0) is 16.1. The van der Waals surface area contributed by atoms with E-state index >= 15 is 0 Å². The van der Waals surface area contributed by atoms with Crippen LogP contribution in [0.15, 0.2) is 45.9 Å². The van der Waals surface area contributed by atoms with Gasteiger partial charge in [-0.1, -0.05) is 45.7 Å². The van der Waals surface area contributed by atoms with Crippen molar-refractivity contribution in [2.24, 2.45) is 4.99 Å². The van der Waals surface area contributed by atoms with Gasteiger partial charge >= 0.3 is 0 Å². The fraction of sp³-hybridized carbons (Fsp3) is 0.278. The van der Waals surface area contributed by atoms with Crippen molar-refractivity contribution in [2.75, 3.05) is 13.6 Å². The van der Waals surface area contributed by atoms with Crippen LogP contribution in [0.2, 0.25) is 5.02 Å². The number of hydrogen-bond acceptors (Lipinski definition) is 1. The number of aryl methyl sites for hydroxylation is 1. The average molecular weight is 380 g/mol. The van der Waals surface area contributed by atoms with E-state index in [1.165, 1.54) is 11.1 Å². The van der Waals surface area contributed by atoms with Crippen LogP contribution in [-0.2, 0) is 6.42 Å². The molecule has 0 amide bonds. The monoisotopic (exact) mass is 378 g/mol. The van der Waals surface area contributed by atoms with Crippen LogP contribution in [0.5, 0.6) is 0 Å². The summed E-state index contributed by atoms with van der Waals surface area (Å²) in [6, 6.07) is 12.5. The van der Waals surface area contributed by atoms with Crippen LogP contribution in [0.3, 0.4) is 0 Å². The Morgan fingerprint density at radius 1 is 1.23 bits per heavy atom. The molecule has 2 nitrogen and oxygen atoms in total. The zero-order valence-corrected chi connectivity index (χ0v) is 15.4. The molecule has 0 aliphatic carbocycles. The topological polar surface area (TPSA) is 15.6 Å². The number of aliphatic imine (C=N–C) groups is 1. The second-order valence-corrected chi connectivity index (χ2v) is 6.67. The molecule has 0 radical (unpaired) electrons. The maximum atomic E-state index is 6.55. The minimum absolute atomic E-state index is 0.731. The molecular formula is C18H20BrClN2. The van der Waals surface area contributed by atoms with Gasteiger partial charge in [0.25, 0.3) is 0 Å². The van der Waals surface area contributed by atoms with Crippen LogP contribution in [0.4, 0.5) is 5.69 Å². The minimum Gasteiger partial charge on any atom is -0.366 e. The van der Waals surface area contributed by atoms with E-state index in [0.717, 1.165) is 33.7 Å². The summed E-state index contributed by atoms with van der Waals surface area (Å²) in [6.45, 7) is 5.07. The lowest BCUT2D eigenvalue weighted by Crippen LogP contribution is -2.14. The highest BCUT2D eigenvalue weighted by molar-refractivity contribution is 9.10. The van der Waals surface area contributed by atoms with Gasteiger partial charge in [0, 0.05) is 18.1 Å². The summed E-state index contributed by atoms with van der Waals surface area (Å²) in [5.74, 6) is 0. The highest BCUT2D eigenvalue weighted by atomic mass is 79.9. The van der Waals surface area contributed by atoms with Crippen LogP contribution in [-0.4, -0.2) is 24.8 Å². The number of nitrogens with zero attached hydrogens (tertiary/aromatic N) is 2. The van der Waals surface area contributed by atoms with Gasteiger partial charge in [0.15, 0.2) is 0 Å². The minimum atomic E-state index is 0.731. The quantitative estimate of drug-likeness (QED) is 0.487. The van der Waals surface area contributed by atoms with Crippen molar-refractivity contribution in [3.63, 3.8) is 0 Å². The molecule has 0 saturated carbocycles. The Balaban J connectivity index is 2.30. The molecule has 0 N–H and O–H groups in total. The lowest BCUT2D eigenvalue weighted by molar-refractivity contribution is 0.552. The third-order valence-electron chi connectivity index (χ3n) is 3.47. The fourth-order valence-corrected chi connectivity index (χ4v) is 2.60. The Labute approximate surface area is 146 Å². The maximum absolute atomic E-state index is 6.55. The van der Waals surface area contributed by atoms with Crippen molar-refractivity contribution in [3.05, 3.63) is 62.6 Å². The predicted octanol–water partition coefficient (Wildman–Crippen LogP) is 5.61. The van der Waals surface area contributed by atoms with Gasteiger partial charge in [0.05, 0.1) is 17.0 Å². The van der Waals surface area contributed by atoms with Crippen molar-refractivity contribution in [2.45, 2.75) is 20.3 Å². The molecule has 2 rings (SSSR count). The summed E-state index contributed by atoms with van der Waals surface area (Å²) in [5, 5.41) is 0.731. The van der Waals surface area contributed by atoms with E-state index < -0.39 is 0 Å². The summed E-state index contributed by atoms with van der Waals surface area (Å²) < 4.78 is 1.08. The highest BCUT2D eigenvalue weighted by Gasteiger charge is 2.08. The van der Waals surface area contributed by atoms with E-state index in [2.05, 4.69) is 53.0 Å². The summed E-state index contributed by atoms with van der Waals surface area (Å²) in [6.07, 6.45) is 2.63. The van der Waals surface area contributed by atoms with E-state index in [1.54, 1.807) is 0 Å². The molecule has 0 aromatic heterocycles. The standard InChI is InChI=1S/C18H20BrClN2/c1-4-22(3)12-21-17-10-13(2)9-15(18(17)20)11-14-5-7-16(19)8-6-14/h5-10,12H,4,11H2,1-3H3. The molecule has 116 valence electrons. The third-order valence-corrected chi connectivity index (χ3v) is 4.44. The summed E-state index contributed by atoms with van der Waals surface area (Å²) in [5.41, 5.74) is 4.34. The van der Waals surface area contributed by atoms with Crippen molar-refractivity contribution < 1.29 is 0 Å². The molecule has 0 fully saturated rings. The first-order chi connectivity index (χ1) is 10.5. The van der Waals surface area contributed by atoms with Crippen LogP contribution in [0.1, 0.15) is 23.6 Å². The van der Waals surface area contributed by atoms with Crippen LogP contribution >= 0.6 is 27.5 Å². The maximum Gasteiger partial charge on any atom is 0.0910 e. The van der Waals surface area contributed by atoms with Gasteiger partial charge in [-0.15, -0.1) is 0 Å². The molecule has 0 saturated heterocycles. The molecule has 2 aromatic carbocycles. The smallest absolute Gasteiger partial charge is 0.0910 e. The van der Waals surface area contributed by atoms with Gasteiger partial charge < -0.3 is 4.90 Å². The predicted molar refractivity (Wildman–Crippen MR) is 99.6 cm³/mol. The first kappa shape index (κ1) is 17.0. The number of benzene rings is 2. The molecule has 2 aromatic rings. The van der Waals surface area contributed by atoms with Crippen molar-refractivity contribution in [1.82, 2.24) is 4.90 Å². The van der Waals surface area contributed by atoms with E-state index in [9.17, 15) is 0 Å². The Morgan fingerprint density at radius 3 is 2.55 bits per heavy atom. The molecule has 0 atom stereocenters. The van der Waals surface area contributed by atoms with E-state index in [1.807, 2.05) is 36.5 Å². The molecule has 0 spiro atoms. The van der Waals surface area contributed by atoms with E-state index in [0.29, 0.717) is 0 Å². The molecule has 0 heterocycles. The summed E-state index contributed by atoms with van der Waals surface area (Å²) in [4.78, 5) is 6.54. The SMILES string of the molecule is CCN(C)C=Nc1cc(C)cc(Cc2ccc(Br)cc2)c1Cl. The molecule has 0 aliphatic heterocycles. The number of rotatable bonds is 5. The van der Waals surface area contributed by atoms with Crippen molar-refractivity contribution in [1.29, 1.82) is 0 Å². The Hall–Kier alpha value is -1.32. The number of halogens is 2. The zero-order valence-electron chi connectivity index (χ0n) is 13.1. The third kappa shape index (κ3) is 4.59. The van der Waals surface area contributed by atoms with Gasteiger partial charge in [-0.05, 0) is 55.2 Å². The second kappa shape index (κ2) is 7.80. The molecule has 0 bridgehead atoms. The second-order valence-electron chi connectivity index (χ2n) is 5.38. The van der Waals surface area contributed by atoms with Crippen LogP contribution < -0.4 is 0 Å². The molecule has 0 unspecified atom stereocenters. The molecular weight excluding hydrogens is 360 g/mol. The first-order valence-corrected chi connectivity index (χ1v) is 8.44. The van der Waals surface area contributed by atoms with E-state index in [-0.39, 0.29) is 0 Å². The van der Waals surface area contributed by atoms with Gasteiger partial charge in [-0.3, -0.25) is 0 Å². The lowest BCUT2D eigenvalue weighted by atomic mass is 10.0. The fourth-order valence-electron chi connectivity index (χ4n) is 2.11. The first-order valence-electron chi connectivity index (χ1n) is 7.27.